The van der Waals surface area contributed by atoms with Crippen molar-refractivity contribution in [3.63, 3.8) is 0 Å². The summed E-state index contributed by atoms with van der Waals surface area (Å²) in [5, 5.41) is 3.96. The van der Waals surface area contributed by atoms with E-state index in [0.717, 1.165) is 14.3 Å². The van der Waals surface area contributed by atoms with Crippen LogP contribution in [0.2, 0.25) is 0 Å². The summed E-state index contributed by atoms with van der Waals surface area (Å²) in [6.07, 6.45) is 1.45. The summed E-state index contributed by atoms with van der Waals surface area (Å²) in [6, 6.07) is 16.1. The van der Waals surface area contributed by atoms with Gasteiger partial charge in [-0.05, 0) is 30.3 Å². The van der Waals surface area contributed by atoms with E-state index in [-0.39, 0.29) is 22.1 Å². The van der Waals surface area contributed by atoms with Gasteiger partial charge in [0.25, 0.3) is 15.9 Å². The second kappa shape index (κ2) is 12.5. The highest BCUT2D eigenvalue weighted by Crippen LogP contribution is 2.37. The molecule has 0 radical (unpaired) electrons. The first-order valence-corrected chi connectivity index (χ1v) is 13.0. The summed E-state index contributed by atoms with van der Waals surface area (Å²) in [5.41, 5.74) is 3.20. The van der Waals surface area contributed by atoms with Crippen LogP contribution in [0.3, 0.4) is 0 Å². The van der Waals surface area contributed by atoms with Crippen LogP contribution in [-0.4, -0.2) is 55.5 Å². The molecular weight excluding hydrogens is 566 g/mol. The van der Waals surface area contributed by atoms with Crippen molar-refractivity contribution in [1.29, 1.82) is 0 Å². The van der Waals surface area contributed by atoms with Crippen LogP contribution in [0.1, 0.15) is 5.56 Å². The van der Waals surface area contributed by atoms with Crippen LogP contribution >= 0.6 is 15.9 Å². The molecule has 0 fully saturated rings. The van der Waals surface area contributed by atoms with Gasteiger partial charge in [0.05, 0.1) is 45.2 Å². The number of hydrazone groups is 1. The first-order valence-electron chi connectivity index (χ1n) is 10.8. The first-order chi connectivity index (χ1) is 17.7. The number of benzene rings is 3. The van der Waals surface area contributed by atoms with Crippen LogP contribution in [-0.2, 0) is 14.8 Å². The zero-order chi connectivity index (χ0) is 27.0. The molecule has 0 bridgehead atoms. The fourth-order valence-electron chi connectivity index (χ4n) is 3.31. The summed E-state index contributed by atoms with van der Waals surface area (Å²) in [6.45, 7) is -0.604. The van der Waals surface area contributed by atoms with Crippen LogP contribution in [0, 0.1) is 0 Å². The number of nitrogens with one attached hydrogen (secondary N) is 1. The summed E-state index contributed by atoms with van der Waals surface area (Å²) in [4.78, 5) is 12.8. The number of methoxy groups -OCH3 is 4. The van der Waals surface area contributed by atoms with E-state index < -0.39 is 22.5 Å². The third-order valence-corrected chi connectivity index (χ3v) is 7.66. The number of carbonyl (C=O) groups excluding carboxylic acids is 1. The number of anilines is 1. The van der Waals surface area contributed by atoms with Crippen molar-refractivity contribution in [2.24, 2.45) is 5.10 Å². The van der Waals surface area contributed by atoms with E-state index in [9.17, 15) is 13.2 Å². The van der Waals surface area contributed by atoms with Crippen molar-refractivity contribution in [3.05, 3.63) is 70.7 Å². The van der Waals surface area contributed by atoms with E-state index >= 15 is 0 Å². The molecule has 0 aliphatic carbocycles. The Balaban J connectivity index is 2.02. The summed E-state index contributed by atoms with van der Waals surface area (Å²) >= 11 is 3.40. The molecule has 0 aromatic heterocycles. The lowest BCUT2D eigenvalue weighted by Gasteiger charge is -2.26. The van der Waals surface area contributed by atoms with E-state index in [4.69, 9.17) is 18.9 Å². The van der Waals surface area contributed by atoms with Gasteiger partial charge in [-0.1, -0.05) is 34.1 Å². The number of halogens is 1. The second-order valence-electron chi connectivity index (χ2n) is 7.38. The molecule has 0 saturated heterocycles. The Labute approximate surface area is 224 Å². The van der Waals surface area contributed by atoms with Crippen LogP contribution in [0.5, 0.6) is 23.0 Å². The molecule has 0 saturated carbocycles. The summed E-state index contributed by atoms with van der Waals surface area (Å²) < 4.78 is 50.6. The largest absolute Gasteiger partial charge is 0.497 e. The Bertz CT molecular complexity index is 1400. The lowest BCUT2D eigenvalue weighted by atomic mass is 10.2. The fraction of sp³-hybridized carbons (Fsp3) is 0.200. The Kier molecular flexibility index (Phi) is 9.36. The van der Waals surface area contributed by atoms with Crippen molar-refractivity contribution in [2.75, 3.05) is 39.3 Å². The number of amides is 1. The predicted molar refractivity (Wildman–Crippen MR) is 144 cm³/mol. The Morgan fingerprint density at radius 3 is 2.24 bits per heavy atom. The maximum Gasteiger partial charge on any atom is 0.265 e. The van der Waals surface area contributed by atoms with Gasteiger partial charge >= 0.3 is 0 Å². The molecule has 3 aromatic carbocycles. The van der Waals surface area contributed by atoms with E-state index in [0.29, 0.717) is 11.5 Å². The van der Waals surface area contributed by atoms with E-state index in [1.54, 1.807) is 18.2 Å². The number of hydrogen-bond donors (Lipinski definition) is 1. The highest BCUT2D eigenvalue weighted by molar-refractivity contribution is 9.10. The van der Waals surface area contributed by atoms with Crippen molar-refractivity contribution < 1.29 is 32.2 Å². The van der Waals surface area contributed by atoms with Crippen molar-refractivity contribution in [3.8, 4) is 23.0 Å². The van der Waals surface area contributed by atoms with Gasteiger partial charge in [-0.3, -0.25) is 9.10 Å². The van der Waals surface area contributed by atoms with Gasteiger partial charge in [-0.15, -0.1) is 0 Å². The molecule has 3 rings (SSSR count). The average Bonchev–Trinajstić information content (AvgIpc) is 2.91. The number of carbonyl (C=O) groups is 1. The van der Waals surface area contributed by atoms with Crippen molar-refractivity contribution in [1.82, 2.24) is 5.43 Å². The van der Waals surface area contributed by atoms with Gasteiger partial charge in [0.2, 0.25) is 0 Å². The smallest absolute Gasteiger partial charge is 0.265 e. The van der Waals surface area contributed by atoms with Crippen LogP contribution < -0.4 is 28.7 Å². The highest BCUT2D eigenvalue weighted by Gasteiger charge is 2.31. The molecule has 3 aromatic rings. The van der Waals surface area contributed by atoms with Gasteiger partial charge in [-0.2, -0.15) is 5.10 Å². The molecule has 0 heterocycles. The van der Waals surface area contributed by atoms with Gasteiger partial charge in [0.1, 0.15) is 18.0 Å². The molecule has 0 aliphatic rings. The number of ether oxygens (including phenoxy) is 4. The van der Waals surface area contributed by atoms with Gasteiger partial charge in [0.15, 0.2) is 11.5 Å². The SMILES string of the molecule is COc1ccc(OC)c(N(CC(=O)N/N=C\c2ccccc2Br)S(=O)(=O)c2ccc(OC)c(OC)c2)c1. The molecule has 1 N–H and O–H groups in total. The molecule has 37 heavy (non-hydrogen) atoms. The molecule has 10 nitrogen and oxygen atoms in total. The molecule has 0 atom stereocenters. The standard InChI is InChI=1S/C25H26BrN3O7S/c1-33-18-9-11-22(34-2)21(13-18)29(16-25(30)28-27-15-17-7-5-6-8-20(17)26)37(31,32)19-10-12-23(35-3)24(14-19)36-4/h5-15H,16H2,1-4H3,(H,28,30)/b27-15-. The minimum absolute atomic E-state index is 0.0987. The number of nitrogens with zero attached hydrogens (tertiary/aromatic N) is 2. The molecular formula is C25H26BrN3O7S. The highest BCUT2D eigenvalue weighted by atomic mass is 79.9. The van der Waals surface area contributed by atoms with Gasteiger partial charge in [0, 0.05) is 22.2 Å². The number of sulfonamides is 1. The quantitative estimate of drug-likeness (QED) is 0.266. The maximum atomic E-state index is 13.9. The fourth-order valence-corrected chi connectivity index (χ4v) is 5.14. The van der Waals surface area contributed by atoms with E-state index in [1.165, 1.54) is 58.9 Å². The van der Waals surface area contributed by atoms with Crippen LogP contribution in [0.15, 0.2) is 75.1 Å². The monoisotopic (exact) mass is 591 g/mol. The van der Waals surface area contributed by atoms with Crippen molar-refractivity contribution >= 4 is 43.8 Å². The van der Waals surface area contributed by atoms with Crippen molar-refractivity contribution in [2.45, 2.75) is 4.90 Å². The zero-order valence-electron chi connectivity index (χ0n) is 20.6. The normalized spacial score (nSPS) is 11.2. The molecule has 0 spiro atoms. The van der Waals surface area contributed by atoms with Gasteiger partial charge in [-0.25, -0.2) is 13.8 Å². The Morgan fingerprint density at radius 2 is 1.59 bits per heavy atom. The Hall–Kier alpha value is -3.77. The Morgan fingerprint density at radius 1 is 0.919 bits per heavy atom. The molecule has 0 aliphatic heterocycles. The lowest BCUT2D eigenvalue weighted by Crippen LogP contribution is -2.39. The summed E-state index contributed by atoms with van der Waals surface area (Å²) in [7, 11) is 1.38. The maximum absolute atomic E-state index is 13.9. The molecule has 12 heteroatoms. The minimum atomic E-state index is -4.31. The predicted octanol–water partition coefficient (Wildman–Crippen LogP) is 3.83. The van der Waals surface area contributed by atoms with Crippen LogP contribution in [0.25, 0.3) is 0 Å². The average molecular weight is 592 g/mol. The minimum Gasteiger partial charge on any atom is -0.497 e. The molecule has 0 unspecified atom stereocenters. The van der Waals surface area contributed by atoms with E-state index in [1.807, 2.05) is 18.2 Å². The topological polar surface area (TPSA) is 116 Å². The van der Waals surface area contributed by atoms with Crippen LogP contribution in [0.4, 0.5) is 5.69 Å². The van der Waals surface area contributed by atoms with E-state index in [2.05, 4.69) is 26.5 Å². The third-order valence-electron chi connectivity index (χ3n) is 5.18. The molecule has 1 amide bonds. The molecule has 196 valence electrons. The lowest BCUT2D eigenvalue weighted by molar-refractivity contribution is -0.119. The third kappa shape index (κ3) is 6.52. The second-order valence-corrected chi connectivity index (χ2v) is 10.1. The van der Waals surface area contributed by atoms with Gasteiger partial charge < -0.3 is 18.9 Å². The number of rotatable bonds is 11. The zero-order valence-corrected chi connectivity index (χ0v) is 23.0. The number of hydrogen-bond acceptors (Lipinski definition) is 8. The first kappa shape index (κ1) is 27.8. The summed E-state index contributed by atoms with van der Waals surface area (Å²) in [5.74, 6) is 0.469.